The largest absolute Gasteiger partial charge is 0.478 e. The lowest BCUT2D eigenvalue weighted by molar-refractivity contribution is 0.0698. The van der Waals surface area contributed by atoms with E-state index in [1.54, 1.807) is 5.38 Å². The smallest absolute Gasteiger partial charge is 0.338 e. The Hall–Kier alpha value is -2.00. The first-order chi connectivity index (χ1) is 9.95. The van der Waals surface area contributed by atoms with E-state index in [4.69, 9.17) is 5.11 Å². The number of nitrogens with zero attached hydrogens (tertiary/aromatic N) is 2. The van der Waals surface area contributed by atoms with Crippen LogP contribution in [0.2, 0.25) is 0 Å². The summed E-state index contributed by atoms with van der Waals surface area (Å²) in [5, 5.41) is 25.0. The summed E-state index contributed by atoms with van der Waals surface area (Å²) in [5.74, 6) is -0.620. The van der Waals surface area contributed by atoms with Crippen molar-refractivity contribution >= 4 is 44.8 Å². The van der Waals surface area contributed by atoms with Crippen LogP contribution in [0.5, 0.6) is 0 Å². The molecule has 0 spiro atoms. The molecule has 0 atom stereocenters. The Morgan fingerprint density at radius 1 is 1.33 bits per heavy atom. The molecule has 0 aliphatic rings. The van der Waals surface area contributed by atoms with Gasteiger partial charge in [0.1, 0.15) is 10.0 Å². The Morgan fingerprint density at radius 2 is 2.10 bits per heavy atom. The molecular formula is C12H14N4O3S2. The fourth-order valence-corrected chi connectivity index (χ4v) is 3.26. The van der Waals surface area contributed by atoms with Crippen LogP contribution in [0, 0.1) is 5.92 Å². The van der Waals surface area contributed by atoms with E-state index in [0.717, 1.165) is 22.8 Å². The molecule has 0 saturated carbocycles. The highest BCUT2D eigenvalue weighted by Crippen LogP contribution is 2.24. The van der Waals surface area contributed by atoms with Crippen LogP contribution in [0.15, 0.2) is 11.4 Å². The maximum absolute atomic E-state index is 11.8. The minimum atomic E-state index is -1.08. The summed E-state index contributed by atoms with van der Waals surface area (Å²) in [6.07, 6.45) is 0.801. The number of anilines is 2. The highest BCUT2D eigenvalue weighted by molar-refractivity contribution is 7.15. The third-order valence-electron chi connectivity index (χ3n) is 2.39. The molecule has 2 aromatic heterocycles. The lowest BCUT2D eigenvalue weighted by atomic mass is 10.1. The summed E-state index contributed by atoms with van der Waals surface area (Å²) in [6, 6.07) is 0.904. The molecule has 2 heterocycles. The Bertz CT molecular complexity index is 650. The van der Waals surface area contributed by atoms with E-state index < -0.39 is 12.0 Å². The normalized spacial score (nSPS) is 10.6. The van der Waals surface area contributed by atoms with Gasteiger partial charge in [-0.1, -0.05) is 25.2 Å². The van der Waals surface area contributed by atoms with Gasteiger partial charge in [-0.05, 0) is 17.4 Å². The number of carbonyl (C=O) groups is 2. The SMILES string of the molecule is CC(C)Cc1nnc(NC(=O)Nc2sccc2C(=O)O)s1. The predicted molar refractivity (Wildman–Crippen MR) is 82.4 cm³/mol. The standard InChI is InChI=1S/C12H14N4O3S2/c1-6(2)5-8-15-16-12(21-8)14-11(19)13-9-7(10(17)18)3-4-20-9/h3-4,6H,5H2,1-2H3,(H,17,18)(H2,13,14,16,19). The molecule has 0 aliphatic heterocycles. The number of aromatic nitrogens is 2. The van der Waals surface area contributed by atoms with Gasteiger partial charge in [0.05, 0.1) is 5.56 Å². The molecule has 0 aliphatic carbocycles. The average Bonchev–Trinajstić information content (AvgIpc) is 2.98. The zero-order valence-corrected chi connectivity index (χ0v) is 13.0. The molecule has 9 heteroatoms. The van der Waals surface area contributed by atoms with Gasteiger partial charge in [-0.3, -0.25) is 10.6 Å². The van der Waals surface area contributed by atoms with Crippen LogP contribution in [-0.4, -0.2) is 27.3 Å². The van der Waals surface area contributed by atoms with E-state index in [0.29, 0.717) is 11.0 Å². The second-order valence-electron chi connectivity index (χ2n) is 4.65. The highest BCUT2D eigenvalue weighted by Gasteiger charge is 2.15. The van der Waals surface area contributed by atoms with Crippen molar-refractivity contribution in [3.8, 4) is 0 Å². The zero-order valence-electron chi connectivity index (χ0n) is 11.4. The first-order valence-corrected chi connectivity index (χ1v) is 7.86. The van der Waals surface area contributed by atoms with Crippen molar-refractivity contribution in [2.75, 3.05) is 10.6 Å². The van der Waals surface area contributed by atoms with Crippen molar-refractivity contribution in [2.45, 2.75) is 20.3 Å². The van der Waals surface area contributed by atoms with Crippen LogP contribution in [0.1, 0.15) is 29.2 Å². The summed E-state index contributed by atoms with van der Waals surface area (Å²) in [4.78, 5) is 22.8. The monoisotopic (exact) mass is 326 g/mol. The number of hydrogen-bond donors (Lipinski definition) is 3. The van der Waals surface area contributed by atoms with Crippen LogP contribution in [0.4, 0.5) is 14.9 Å². The van der Waals surface area contributed by atoms with Gasteiger partial charge < -0.3 is 5.11 Å². The van der Waals surface area contributed by atoms with Crippen molar-refractivity contribution in [2.24, 2.45) is 5.92 Å². The topological polar surface area (TPSA) is 104 Å². The number of carboxylic acid groups (broad SMARTS) is 1. The number of thiophene rings is 1. The van der Waals surface area contributed by atoms with Crippen molar-refractivity contribution < 1.29 is 14.7 Å². The molecule has 0 radical (unpaired) electrons. The predicted octanol–water partition coefficient (Wildman–Crippen LogP) is 3.14. The number of aromatic carboxylic acids is 1. The molecule has 0 fully saturated rings. The Labute approximate surface area is 129 Å². The number of nitrogens with one attached hydrogen (secondary N) is 2. The molecule has 2 aromatic rings. The first-order valence-electron chi connectivity index (χ1n) is 6.17. The van der Waals surface area contributed by atoms with Gasteiger partial charge in [0.15, 0.2) is 0 Å². The summed E-state index contributed by atoms with van der Waals surface area (Å²) < 4.78 is 0. The number of rotatable bonds is 5. The number of hydrogen-bond acceptors (Lipinski definition) is 6. The van der Waals surface area contributed by atoms with Gasteiger partial charge in [-0.25, -0.2) is 9.59 Å². The molecule has 7 nitrogen and oxygen atoms in total. The van der Waals surface area contributed by atoms with Crippen LogP contribution in [0.25, 0.3) is 0 Å². The molecule has 2 rings (SSSR count). The third-order valence-corrected chi connectivity index (χ3v) is 4.08. The van der Waals surface area contributed by atoms with E-state index in [2.05, 4.69) is 34.7 Å². The molecule has 112 valence electrons. The first kappa shape index (κ1) is 15.4. The second-order valence-corrected chi connectivity index (χ2v) is 6.62. The number of carboxylic acids is 1. The molecule has 0 saturated heterocycles. The Morgan fingerprint density at radius 3 is 2.76 bits per heavy atom. The average molecular weight is 326 g/mol. The highest BCUT2D eigenvalue weighted by atomic mass is 32.1. The van der Waals surface area contributed by atoms with E-state index >= 15 is 0 Å². The van der Waals surface area contributed by atoms with Crippen molar-refractivity contribution in [1.82, 2.24) is 10.2 Å². The maximum Gasteiger partial charge on any atom is 0.338 e. The molecule has 0 aromatic carbocycles. The lowest BCUT2D eigenvalue weighted by Crippen LogP contribution is -2.19. The van der Waals surface area contributed by atoms with Crippen LogP contribution in [-0.2, 0) is 6.42 Å². The fourth-order valence-electron chi connectivity index (χ4n) is 1.54. The van der Waals surface area contributed by atoms with Crippen LogP contribution >= 0.6 is 22.7 Å². The minimum absolute atomic E-state index is 0.0629. The van der Waals surface area contributed by atoms with Gasteiger partial charge in [0, 0.05) is 6.42 Å². The number of amides is 2. The summed E-state index contributed by atoms with van der Waals surface area (Å²) in [7, 11) is 0. The molecular weight excluding hydrogens is 312 g/mol. The van der Waals surface area contributed by atoms with Gasteiger partial charge in [-0.2, -0.15) is 0 Å². The Kier molecular flexibility index (Phi) is 4.86. The van der Waals surface area contributed by atoms with Gasteiger partial charge >= 0.3 is 12.0 Å². The Balaban J connectivity index is 1.97. The van der Waals surface area contributed by atoms with Crippen molar-refractivity contribution in [1.29, 1.82) is 0 Å². The summed E-state index contributed by atoms with van der Waals surface area (Å²) >= 11 is 2.45. The van der Waals surface area contributed by atoms with Gasteiger partial charge in [-0.15, -0.1) is 21.5 Å². The summed E-state index contributed by atoms with van der Waals surface area (Å²) in [6.45, 7) is 4.15. The van der Waals surface area contributed by atoms with Crippen LogP contribution in [0.3, 0.4) is 0 Å². The van der Waals surface area contributed by atoms with E-state index in [1.807, 2.05) is 0 Å². The molecule has 0 unspecified atom stereocenters. The van der Waals surface area contributed by atoms with Crippen molar-refractivity contribution in [3.05, 3.63) is 22.0 Å². The van der Waals surface area contributed by atoms with E-state index in [1.165, 1.54) is 17.4 Å². The van der Waals surface area contributed by atoms with Gasteiger partial charge in [0.25, 0.3) is 0 Å². The zero-order chi connectivity index (χ0) is 15.4. The third kappa shape index (κ3) is 4.23. The van der Waals surface area contributed by atoms with Gasteiger partial charge in [0.2, 0.25) is 5.13 Å². The van der Waals surface area contributed by atoms with Crippen molar-refractivity contribution in [3.63, 3.8) is 0 Å². The quantitative estimate of drug-likeness (QED) is 0.783. The molecule has 2 amide bonds. The van der Waals surface area contributed by atoms with Crippen LogP contribution < -0.4 is 10.6 Å². The maximum atomic E-state index is 11.8. The molecule has 0 bridgehead atoms. The lowest BCUT2D eigenvalue weighted by Gasteiger charge is -2.03. The fraction of sp³-hybridized carbons (Fsp3) is 0.333. The number of urea groups is 1. The van der Waals surface area contributed by atoms with E-state index in [9.17, 15) is 9.59 Å². The van der Waals surface area contributed by atoms with E-state index in [-0.39, 0.29) is 10.6 Å². The summed E-state index contributed by atoms with van der Waals surface area (Å²) in [5.41, 5.74) is 0.0629. The second kappa shape index (κ2) is 6.64. The molecule has 21 heavy (non-hydrogen) atoms. The molecule has 3 N–H and O–H groups in total. The number of carbonyl (C=O) groups excluding carboxylic acids is 1. The minimum Gasteiger partial charge on any atom is -0.478 e.